The highest BCUT2D eigenvalue weighted by atomic mass is 19.1. The molecule has 3 nitrogen and oxygen atoms in total. The van der Waals surface area contributed by atoms with Gasteiger partial charge < -0.3 is 10.2 Å². The largest absolute Gasteiger partial charge is 0.507 e. The molecular weight excluding hydrogens is 206 g/mol. The summed E-state index contributed by atoms with van der Waals surface area (Å²) in [5.41, 5.74) is -0.0438. The van der Waals surface area contributed by atoms with Crippen LogP contribution in [0.5, 0.6) is 5.75 Å². The molecule has 0 unspecified atom stereocenters. The Morgan fingerprint density at radius 3 is 2.53 bits per heavy atom. The number of aliphatic carboxylic acids is 1. The van der Waals surface area contributed by atoms with Crippen LogP contribution < -0.4 is 0 Å². The number of hydrogen-bond donors (Lipinski definition) is 2. The lowest BCUT2D eigenvalue weighted by Gasteiger charge is -2.05. The zero-order valence-corrected chi connectivity index (χ0v) is 7.83. The first-order chi connectivity index (χ1) is 7.00. The predicted molar refractivity (Wildman–Crippen MR) is 48.6 cm³/mol. The summed E-state index contributed by atoms with van der Waals surface area (Å²) in [4.78, 5) is 10.2. The van der Waals surface area contributed by atoms with Crippen LogP contribution >= 0.6 is 0 Å². The first-order valence-corrected chi connectivity index (χ1v) is 4.39. The highest BCUT2D eigenvalue weighted by molar-refractivity contribution is 5.66. The van der Waals surface area contributed by atoms with E-state index >= 15 is 0 Å². The zero-order valence-electron chi connectivity index (χ0n) is 7.83. The number of halogens is 2. The van der Waals surface area contributed by atoms with Crippen LogP contribution in [0.2, 0.25) is 0 Å². The van der Waals surface area contributed by atoms with Gasteiger partial charge in [-0.15, -0.1) is 0 Å². The van der Waals surface area contributed by atoms with Crippen molar-refractivity contribution in [3.8, 4) is 5.75 Å². The van der Waals surface area contributed by atoms with Crippen molar-refractivity contribution in [3.05, 3.63) is 29.3 Å². The molecule has 5 heteroatoms. The number of phenolic OH excluding ortho intramolecular Hbond substituents is 1. The SMILES string of the molecule is O=C(O)CCCc1c(O)cc(F)cc1F. The molecule has 0 bridgehead atoms. The van der Waals surface area contributed by atoms with Crippen molar-refractivity contribution < 1.29 is 23.8 Å². The molecule has 2 N–H and O–H groups in total. The lowest BCUT2D eigenvalue weighted by molar-refractivity contribution is -0.137. The van der Waals surface area contributed by atoms with Crippen LogP contribution in [-0.4, -0.2) is 16.2 Å². The molecular formula is C10H10F2O3. The lowest BCUT2D eigenvalue weighted by Crippen LogP contribution is -1.98. The molecule has 1 aromatic carbocycles. The summed E-state index contributed by atoms with van der Waals surface area (Å²) in [5.74, 6) is -3.17. The molecule has 0 heterocycles. The number of carboxylic acid groups (broad SMARTS) is 1. The van der Waals surface area contributed by atoms with Crippen molar-refractivity contribution in [3.63, 3.8) is 0 Å². The van der Waals surface area contributed by atoms with Gasteiger partial charge in [-0.1, -0.05) is 0 Å². The van der Waals surface area contributed by atoms with Crippen molar-refractivity contribution in [2.45, 2.75) is 19.3 Å². The van der Waals surface area contributed by atoms with Crippen molar-refractivity contribution in [1.29, 1.82) is 0 Å². The van der Waals surface area contributed by atoms with Gasteiger partial charge in [0.1, 0.15) is 17.4 Å². The van der Waals surface area contributed by atoms with Gasteiger partial charge >= 0.3 is 5.97 Å². The smallest absolute Gasteiger partial charge is 0.303 e. The van der Waals surface area contributed by atoms with E-state index in [1.165, 1.54) is 0 Å². The second kappa shape index (κ2) is 4.72. The molecule has 0 spiro atoms. The Morgan fingerprint density at radius 1 is 1.33 bits per heavy atom. The van der Waals surface area contributed by atoms with E-state index < -0.39 is 23.4 Å². The zero-order chi connectivity index (χ0) is 11.4. The van der Waals surface area contributed by atoms with E-state index in [0.29, 0.717) is 6.07 Å². The van der Waals surface area contributed by atoms with Crippen LogP contribution in [0.15, 0.2) is 12.1 Å². The van der Waals surface area contributed by atoms with Gasteiger partial charge in [-0.05, 0) is 12.8 Å². The van der Waals surface area contributed by atoms with Gasteiger partial charge in [-0.25, -0.2) is 8.78 Å². The second-order valence-electron chi connectivity index (χ2n) is 3.13. The molecule has 1 aromatic rings. The number of carboxylic acids is 1. The maximum absolute atomic E-state index is 13.1. The lowest BCUT2D eigenvalue weighted by atomic mass is 10.1. The van der Waals surface area contributed by atoms with Crippen molar-refractivity contribution in [2.75, 3.05) is 0 Å². The molecule has 0 atom stereocenters. The molecule has 0 saturated carbocycles. The number of carbonyl (C=O) groups is 1. The second-order valence-corrected chi connectivity index (χ2v) is 3.13. The predicted octanol–water partition coefficient (Wildman–Crippen LogP) is 2.08. The average Bonchev–Trinajstić information content (AvgIpc) is 2.08. The van der Waals surface area contributed by atoms with E-state index in [9.17, 15) is 18.7 Å². The molecule has 0 aromatic heterocycles. The number of rotatable bonds is 4. The van der Waals surface area contributed by atoms with Crippen molar-refractivity contribution in [1.82, 2.24) is 0 Å². The Kier molecular flexibility index (Phi) is 3.60. The van der Waals surface area contributed by atoms with E-state index in [1.807, 2.05) is 0 Å². The minimum absolute atomic E-state index is 0.0438. The molecule has 0 amide bonds. The maximum atomic E-state index is 13.1. The maximum Gasteiger partial charge on any atom is 0.303 e. The van der Waals surface area contributed by atoms with Gasteiger partial charge in [0.25, 0.3) is 0 Å². The summed E-state index contributed by atoms with van der Waals surface area (Å²) in [6, 6.07) is 1.47. The van der Waals surface area contributed by atoms with Gasteiger partial charge in [0.15, 0.2) is 0 Å². The Bertz CT molecular complexity index is 354. The third-order valence-electron chi connectivity index (χ3n) is 1.95. The molecule has 0 aliphatic rings. The van der Waals surface area contributed by atoms with Gasteiger partial charge in [-0.3, -0.25) is 4.79 Å². The van der Waals surface area contributed by atoms with Crippen LogP contribution in [0.3, 0.4) is 0 Å². The highest BCUT2D eigenvalue weighted by Crippen LogP contribution is 2.23. The molecule has 0 radical (unpaired) electrons. The third kappa shape index (κ3) is 3.19. The standard InChI is InChI=1S/C10H10F2O3/c11-6-4-8(12)7(9(13)5-6)2-1-3-10(14)15/h4-5,13H,1-3H2,(H,14,15). The number of phenols is 1. The van der Waals surface area contributed by atoms with Gasteiger partial charge in [0, 0.05) is 24.1 Å². The first kappa shape index (κ1) is 11.4. The van der Waals surface area contributed by atoms with E-state index in [1.54, 1.807) is 0 Å². The first-order valence-electron chi connectivity index (χ1n) is 4.39. The fraction of sp³-hybridized carbons (Fsp3) is 0.300. The van der Waals surface area contributed by atoms with Crippen molar-refractivity contribution in [2.24, 2.45) is 0 Å². The summed E-state index contributed by atoms with van der Waals surface area (Å²) in [6.45, 7) is 0. The summed E-state index contributed by atoms with van der Waals surface area (Å²) in [6.07, 6.45) is 0.159. The quantitative estimate of drug-likeness (QED) is 0.810. The van der Waals surface area contributed by atoms with E-state index in [-0.39, 0.29) is 24.8 Å². The minimum Gasteiger partial charge on any atom is -0.507 e. The van der Waals surface area contributed by atoms with Gasteiger partial charge in [-0.2, -0.15) is 0 Å². The number of aromatic hydroxyl groups is 1. The Balaban J connectivity index is 2.72. The summed E-state index contributed by atoms with van der Waals surface area (Å²) in [7, 11) is 0. The van der Waals surface area contributed by atoms with Crippen LogP contribution in [-0.2, 0) is 11.2 Å². The molecule has 0 fully saturated rings. The summed E-state index contributed by atoms with van der Waals surface area (Å²) in [5, 5.41) is 17.6. The molecule has 0 aliphatic heterocycles. The Morgan fingerprint density at radius 2 is 2.00 bits per heavy atom. The monoisotopic (exact) mass is 216 g/mol. The van der Waals surface area contributed by atoms with E-state index in [2.05, 4.69) is 0 Å². The van der Waals surface area contributed by atoms with E-state index in [4.69, 9.17) is 5.11 Å². The fourth-order valence-electron chi connectivity index (χ4n) is 1.25. The number of benzene rings is 1. The average molecular weight is 216 g/mol. The van der Waals surface area contributed by atoms with Crippen LogP contribution in [0.1, 0.15) is 18.4 Å². The third-order valence-corrected chi connectivity index (χ3v) is 1.95. The minimum atomic E-state index is -0.989. The van der Waals surface area contributed by atoms with Gasteiger partial charge in [0.05, 0.1) is 0 Å². The van der Waals surface area contributed by atoms with Crippen molar-refractivity contribution >= 4 is 5.97 Å². The molecule has 0 saturated heterocycles. The van der Waals surface area contributed by atoms with Gasteiger partial charge in [0.2, 0.25) is 0 Å². The van der Waals surface area contributed by atoms with Crippen LogP contribution in [0, 0.1) is 11.6 Å². The summed E-state index contributed by atoms with van der Waals surface area (Å²) >= 11 is 0. The van der Waals surface area contributed by atoms with Crippen LogP contribution in [0.4, 0.5) is 8.78 Å². The van der Waals surface area contributed by atoms with E-state index in [0.717, 1.165) is 6.07 Å². The summed E-state index contributed by atoms with van der Waals surface area (Å²) < 4.78 is 25.7. The number of hydrogen-bond acceptors (Lipinski definition) is 2. The van der Waals surface area contributed by atoms with Crippen LogP contribution in [0.25, 0.3) is 0 Å². The molecule has 0 aliphatic carbocycles. The Hall–Kier alpha value is -1.65. The molecule has 82 valence electrons. The topological polar surface area (TPSA) is 57.5 Å². The normalized spacial score (nSPS) is 10.3. The molecule has 1 rings (SSSR count). The molecule has 15 heavy (non-hydrogen) atoms. The highest BCUT2D eigenvalue weighted by Gasteiger charge is 2.10. The fourth-order valence-corrected chi connectivity index (χ4v) is 1.25. The Labute approximate surface area is 85.0 Å².